The number of cyclic esters (lactones) is 1. The van der Waals surface area contributed by atoms with Gasteiger partial charge in [-0.1, -0.05) is 6.07 Å². The fourth-order valence-corrected chi connectivity index (χ4v) is 2.80. The number of aromatic nitrogens is 5. The number of carbonyl (C=O) groups excluding carboxylic acids is 1. The summed E-state index contributed by atoms with van der Waals surface area (Å²) in [5.74, 6) is 1.52. The number of esters is 1. The van der Waals surface area contributed by atoms with E-state index in [1.165, 1.54) is 6.33 Å². The van der Waals surface area contributed by atoms with Crippen molar-refractivity contribution in [1.29, 1.82) is 0 Å². The molecule has 10 nitrogen and oxygen atoms in total. The number of fused-ring (bicyclic) bond motifs is 1. The van der Waals surface area contributed by atoms with E-state index in [-0.39, 0.29) is 5.97 Å². The van der Waals surface area contributed by atoms with Gasteiger partial charge in [-0.3, -0.25) is 5.10 Å². The maximum Gasteiger partial charge on any atom is 0.338 e. The van der Waals surface area contributed by atoms with E-state index in [1.54, 1.807) is 24.5 Å². The number of nitrogens with zero attached hydrogens (tertiary/aromatic N) is 4. The van der Waals surface area contributed by atoms with Crippen molar-refractivity contribution in [3.63, 3.8) is 0 Å². The zero-order valence-corrected chi connectivity index (χ0v) is 14.3. The molecule has 0 radical (unpaired) electrons. The average molecular weight is 375 g/mol. The molecule has 0 amide bonds. The third kappa shape index (κ3) is 3.03. The van der Waals surface area contributed by atoms with Gasteiger partial charge < -0.3 is 19.8 Å². The Hall–Kier alpha value is -4.21. The van der Waals surface area contributed by atoms with E-state index in [9.17, 15) is 4.79 Å². The van der Waals surface area contributed by atoms with E-state index < -0.39 is 0 Å². The molecule has 4 heterocycles. The number of carbonyl (C=O) groups is 1. The summed E-state index contributed by atoms with van der Waals surface area (Å²) in [6.07, 6.45) is 2.96. The summed E-state index contributed by atoms with van der Waals surface area (Å²) in [6.45, 7) is 0.304. The minimum atomic E-state index is -0.331. The van der Waals surface area contributed by atoms with Gasteiger partial charge in [-0.15, -0.1) is 0 Å². The van der Waals surface area contributed by atoms with E-state index in [0.717, 1.165) is 11.3 Å². The van der Waals surface area contributed by atoms with Crippen LogP contribution in [0.2, 0.25) is 0 Å². The number of H-pyrrole nitrogens is 1. The Labute approximate surface area is 158 Å². The van der Waals surface area contributed by atoms with Crippen LogP contribution in [-0.2, 0) is 11.3 Å². The van der Waals surface area contributed by atoms with Crippen LogP contribution in [0.15, 0.2) is 53.4 Å². The van der Waals surface area contributed by atoms with E-state index in [4.69, 9.17) is 9.15 Å². The average Bonchev–Trinajstić information content (AvgIpc) is 3.44. The first-order valence-electron chi connectivity index (χ1n) is 8.37. The van der Waals surface area contributed by atoms with Crippen LogP contribution in [0.5, 0.6) is 0 Å². The molecule has 138 valence electrons. The van der Waals surface area contributed by atoms with Gasteiger partial charge in [0.1, 0.15) is 18.6 Å². The van der Waals surface area contributed by atoms with Crippen LogP contribution in [0.1, 0.15) is 15.9 Å². The SMILES string of the molecule is O=C1OCc2ccc(Nc3ncnc(Nc4cc(-c5ccco5)[nH]n4)n3)cc21. The second kappa shape index (κ2) is 6.50. The van der Waals surface area contributed by atoms with Crippen molar-refractivity contribution in [2.24, 2.45) is 0 Å². The Morgan fingerprint density at radius 2 is 1.96 bits per heavy atom. The van der Waals surface area contributed by atoms with Gasteiger partial charge in [0.25, 0.3) is 0 Å². The molecule has 28 heavy (non-hydrogen) atoms. The number of hydrogen-bond acceptors (Lipinski definition) is 9. The molecule has 0 bridgehead atoms. The van der Waals surface area contributed by atoms with Gasteiger partial charge in [-0.2, -0.15) is 10.1 Å². The summed E-state index contributed by atoms with van der Waals surface area (Å²) >= 11 is 0. The molecule has 1 aromatic carbocycles. The largest absolute Gasteiger partial charge is 0.463 e. The highest BCUT2D eigenvalue weighted by atomic mass is 16.5. The standard InChI is InChI=1S/C18H13N7O3/c26-16-12-6-11(4-3-10(12)8-28-16)21-17-19-9-20-18(23-17)22-15-7-13(24-25-15)14-2-1-5-27-14/h1-7,9H,8H2,(H3,19,20,21,22,23,24,25). The minimum absolute atomic E-state index is 0.304. The predicted octanol–water partition coefficient (Wildman–Crippen LogP) is 3.01. The van der Waals surface area contributed by atoms with E-state index >= 15 is 0 Å². The third-order valence-electron chi connectivity index (χ3n) is 4.12. The second-order valence-corrected chi connectivity index (χ2v) is 5.97. The molecular formula is C18H13N7O3. The lowest BCUT2D eigenvalue weighted by Crippen LogP contribution is -2.03. The van der Waals surface area contributed by atoms with Crippen molar-refractivity contribution >= 4 is 29.4 Å². The van der Waals surface area contributed by atoms with E-state index in [2.05, 4.69) is 35.8 Å². The molecule has 5 rings (SSSR count). The molecule has 0 aliphatic carbocycles. The quantitative estimate of drug-likeness (QED) is 0.450. The summed E-state index contributed by atoms with van der Waals surface area (Å²) in [4.78, 5) is 24.2. The van der Waals surface area contributed by atoms with Gasteiger partial charge >= 0.3 is 5.97 Å². The monoisotopic (exact) mass is 375 g/mol. The smallest absolute Gasteiger partial charge is 0.338 e. The number of aromatic amines is 1. The van der Waals surface area contributed by atoms with E-state index in [1.807, 2.05) is 18.2 Å². The highest BCUT2D eigenvalue weighted by Gasteiger charge is 2.21. The Kier molecular flexibility index (Phi) is 3.72. The van der Waals surface area contributed by atoms with E-state index in [0.29, 0.717) is 41.3 Å². The number of benzene rings is 1. The molecular weight excluding hydrogens is 362 g/mol. The molecule has 10 heteroatoms. The van der Waals surface area contributed by atoms with Crippen LogP contribution in [0, 0.1) is 0 Å². The molecule has 0 fully saturated rings. The van der Waals surface area contributed by atoms with Gasteiger partial charge in [-0.25, -0.2) is 14.8 Å². The van der Waals surface area contributed by atoms with Crippen molar-refractivity contribution in [3.05, 3.63) is 60.1 Å². The predicted molar refractivity (Wildman–Crippen MR) is 98.2 cm³/mol. The highest BCUT2D eigenvalue weighted by Crippen LogP contribution is 2.25. The number of anilines is 4. The number of nitrogens with one attached hydrogen (secondary N) is 3. The summed E-state index contributed by atoms with van der Waals surface area (Å²) < 4.78 is 10.3. The van der Waals surface area contributed by atoms with Crippen molar-refractivity contribution < 1.29 is 13.9 Å². The van der Waals surface area contributed by atoms with Crippen molar-refractivity contribution in [3.8, 4) is 11.5 Å². The highest BCUT2D eigenvalue weighted by molar-refractivity contribution is 5.94. The van der Waals surface area contributed by atoms with Crippen molar-refractivity contribution in [2.75, 3.05) is 10.6 Å². The number of rotatable bonds is 5. The molecule has 4 aromatic rings. The topological polar surface area (TPSA) is 131 Å². The summed E-state index contributed by atoms with van der Waals surface area (Å²) in [7, 11) is 0. The molecule has 0 saturated heterocycles. The third-order valence-corrected chi connectivity index (χ3v) is 4.12. The first kappa shape index (κ1) is 16.0. The van der Waals surface area contributed by atoms with Gasteiger partial charge in [-0.05, 0) is 24.3 Å². The van der Waals surface area contributed by atoms with Crippen LogP contribution in [0.25, 0.3) is 11.5 Å². The fraction of sp³-hybridized carbons (Fsp3) is 0.0556. The summed E-state index contributed by atoms with van der Waals surface area (Å²) in [6, 6.07) is 10.8. The lowest BCUT2D eigenvalue weighted by Gasteiger charge is -2.07. The lowest BCUT2D eigenvalue weighted by atomic mass is 10.1. The van der Waals surface area contributed by atoms with Crippen molar-refractivity contribution in [1.82, 2.24) is 25.1 Å². The first-order chi connectivity index (χ1) is 13.7. The molecule has 0 spiro atoms. The van der Waals surface area contributed by atoms with Gasteiger partial charge in [0.05, 0.1) is 11.8 Å². The van der Waals surface area contributed by atoms with Crippen LogP contribution < -0.4 is 10.6 Å². The molecule has 1 aliphatic heterocycles. The molecule has 1 aliphatic rings. The second-order valence-electron chi connectivity index (χ2n) is 5.97. The molecule has 3 aromatic heterocycles. The molecule has 3 N–H and O–H groups in total. The van der Waals surface area contributed by atoms with Crippen LogP contribution >= 0.6 is 0 Å². The maximum absolute atomic E-state index is 11.7. The Balaban J connectivity index is 1.33. The van der Waals surface area contributed by atoms with Gasteiger partial charge in [0.2, 0.25) is 11.9 Å². The minimum Gasteiger partial charge on any atom is -0.463 e. The number of hydrogen-bond donors (Lipinski definition) is 3. The zero-order chi connectivity index (χ0) is 18.9. The Bertz CT molecular complexity index is 1150. The molecule has 0 saturated carbocycles. The Morgan fingerprint density at radius 3 is 2.82 bits per heavy atom. The van der Waals surface area contributed by atoms with Crippen LogP contribution in [0.4, 0.5) is 23.4 Å². The first-order valence-corrected chi connectivity index (χ1v) is 8.37. The normalized spacial score (nSPS) is 12.5. The Morgan fingerprint density at radius 1 is 1.07 bits per heavy atom. The van der Waals surface area contributed by atoms with Gasteiger partial charge in [0.15, 0.2) is 11.6 Å². The number of ether oxygens (including phenoxy) is 1. The fourth-order valence-electron chi connectivity index (χ4n) is 2.80. The van der Waals surface area contributed by atoms with Crippen molar-refractivity contribution in [2.45, 2.75) is 6.61 Å². The molecule has 0 unspecified atom stereocenters. The lowest BCUT2D eigenvalue weighted by molar-refractivity contribution is 0.0535. The summed E-state index contributed by atoms with van der Waals surface area (Å²) in [5.41, 5.74) is 2.80. The van der Waals surface area contributed by atoms with Crippen LogP contribution in [0.3, 0.4) is 0 Å². The maximum atomic E-state index is 11.7. The number of furan rings is 1. The van der Waals surface area contributed by atoms with Gasteiger partial charge in [0, 0.05) is 17.3 Å². The van der Waals surface area contributed by atoms with Crippen LogP contribution in [-0.4, -0.2) is 31.1 Å². The zero-order valence-electron chi connectivity index (χ0n) is 14.3. The summed E-state index contributed by atoms with van der Waals surface area (Å²) in [5, 5.41) is 13.1. The molecule has 0 atom stereocenters.